The SMILES string of the molecule is O=C(/C=C/c1ccc([N+](=O)[O-])cc1)N1CC(c2ccccc2)Nc2ccccc21. The molecule has 0 bridgehead atoms. The van der Waals surface area contributed by atoms with Crippen molar-refractivity contribution in [3.63, 3.8) is 0 Å². The quantitative estimate of drug-likeness (QED) is 0.397. The molecule has 0 radical (unpaired) electrons. The lowest BCUT2D eigenvalue weighted by Crippen LogP contribution is -2.39. The van der Waals surface area contributed by atoms with Crippen molar-refractivity contribution in [2.45, 2.75) is 6.04 Å². The highest BCUT2D eigenvalue weighted by Crippen LogP contribution is 2.35. The minimum absolute atomic E-state index is 0.0113. The van der Waals surface area contributed by atoms with E-state index >= 15 is 0 Å². The number of nitro benzene ring substituents is 1. The van der Waals surface area contributed by atoms with Crippen LogP contribution >= 0.6 is 0 Å². The molecule has 29 heavy (non-hydrogen) atoms. The van der Waals surface area contributed by atoms with Crippen molar-refractivity contribution in [2.75, 3.05) is 16.8 Å². The largest absolute Gasteiger partial charge is 0.375 e. The van der Waals surface area contributed by atoms with Gasteiger partial charge in [-0.2, -0.15) is 0 Å². The van der Waals surface area contributed by atoms with Crippen LogP contribution in [0.15, 0.2) is 84.9 Å². The van der Waals surface area contributed by atoms with Gasteiger partial charge in [0.15, 0.2) is 0 Å². The van der Waals surface area contributed by atoms with Gasteiger partial charge in [0.05, 0.1) is 28.9 Å². The number of hydrogen-bond donors (Lipinski definition) is 1. The normalized spacial score (nSPS) is 15.6. The summed E-state index contributed by atoms with van der Waals surface area (Å²) in [6.45, 7) is 0.504. The zero-order valence-corrected chi connectivity index (χ0v) is 15.6. The van der Waals surface area contributed by atoms with Gasteiger partial charge in [-0.3, -0.25) is 14.9 Å². The molecule has 6 heteroatoms. The third-order valence-electron chi connectivity index (χ3n) is 4.88. The standard InChI is InChI=1S/C23H19N3O3/c27-23(15-12-17-10-13-19(14-11-17)26(28)29)25-16-21(18-6-2-1-3-7-18)24-20-8-4-5-9-22(20)25/h1-15,21,24H,16H2/b15-12+. The molecule has 0 aliphatic carbocycles. The van der Waals surface area contributed by atoms with E-state index in [0.29, 0.717) is 6.54 Å². The lowest BCUT2D eigenvalue weighted by Gasteiger charge is -2.35. The number of hydrogen-bond acceptors (Lipinski definition) is 4. The maximum Gasteiger partial charge on any atom is 0.269 e. The molecule has 3 aromatic carbocycles. The summed E-state index contributed by atoms with van der Waals surface area (Å²) in [5, 5.41) is 14.3. The zero-order chi connectivity index (χ0) is 20.2. The van der Waals surface area contributed by atoms with Crippen molar-refractivity contribution in [3.8, 4) is 0 Å². The molecule has 0 saturated heterocycles. The van der Waals surface area contributed by atoms with Gasteiger partial charge >= 0.3 is 0 Å². The van der Waals surface area contributed by atoms with Crippen molar-refractivity contribution in [1.82, 2.24) is 0 Å². The van der Waals surface area contributed by atoms with Crippen molar-refractivity contribution in [2.24, 2.45) is 0 Å². The summed E-state index contributed by atoms with van der Waals surface area (Å²) < 4.78 is 0. The summed E-state index contributed by atoms with van der Waals surface area (Å²) in [5.41, 5.74) is 3.60. The van der Waals surface area contributed by atoms with Gasteiger partial charge in [-0.15, -0.1) is 0 Å². The molecule has 1 N–H and O–H groups in total. The predicted molar refractivity (Wildman–Crippen MR) is 114 cm³/mol. The van der Waals surface area contributed by atoms with E-state index in [4.69, 9.17) is 0 Å². The van der Waals surface area contributed by atoms with E-state index in [0.717, 1.165) is 22.5 Å². The smallest absolute Gasteiger partial charge is 0.269 e. The zero-order valence-electron chi connectivity index (χ0n) is 15.6. The molecule has 1 aliphatic rings. The molecule has 1 aliphatic heterocycles. The Morgan fingerprint density at radius 2 is 1.69 bits per heavy atom. The van der Waals surface area contributed by atoms with Crippen molar-refractivity contribution >= 4 is 29.0 Å². The van der Waals surface area contributed by atoms with E-state index in [1.54, 1.807) is 23.1 Å². The van der Waals surface area contributed by atoms with Crippen LogP contribution < -0.4 is 10.2 Å². The second-order valence-electron chi connectivity index (χ2n) is 6.76. The molecule has 4 rings (SSSR count). The van der Waals surface area contributed by atoms with Gasteiger partial charge in [0.2, 0.25) is 0 Å². The Morgan fingerprint density at radius 1 is 1.00 bits per heavy atom. The molecular weight excluding hydrogens is 366 g/mol. The number of anilines is 2. The first-order valence-corrected chi connectivity index (χ1v) is 9.26. The summed E-state index contributed by atoms with van der Waals surface area (Å²) in [6, 6.07) is 23.8. The fourth-order valence-corrected chi connectivity index (χ4v) is 3.39. The van der Waals surface area contributed by atoms with Gasteiger partial charge < -0.3 is 10.2 Å². The first-order chi connectivity index (χ1) is 14.1. The number of carbonyl (C=O) groups is 1. The highest BCUT2D eigenvalue weighted by atomic mass is 16.6. The summed E-state index contributed by atoms with van der Waals surface area (Å²) in [4.78, 5) is 25.1. The molecule has 1 heterocycles. The van der Waals surface area contributed by atoms with E-state index in [-0.39, 0.29) is 17.6 Å². The maximum atomic E-state index is 13.0. The van der Waals surface area contributed by atoms with Crippen molar-refractivity contribution in [1.29, 1.82) is 0 Å². The topological polar surface area (TPSA) is 75.5 Å². The second-order valence-corrected chi connectivity index (χ2v) is 6.76. The third-order valence-corrected chi connectivity index (χ3v) is 4.88. The summed E-state index contributed by atoms with van der Waals surface area (Å²) in [5.74, 6) is -0.141. The number of nitrogens with zero attached hydrogens (tertiary/aromatic N) is 2. The predicted octanol–water partition coefficient (Wildman–Crippen LogP) is 4.81. The number of carbonyl (C=O) groups excluding carboxylic acids is 1. The van der Waals surface area contributed by atoms with Gasteiger partial charge in [-0.1, -0.05) is 42.5 Å². The minimum Gasteiger partial charge on any atom is -0.375 e. The summed E-state index contributed by atoms with van der Waals surface area (Å²) >= 11 is 0. The maximum absolute atomic E-state index is 13.0. The summed E-state index contributed by atoms with van der Waals surface area (Å²) in [6.07, 6.45) is 3.18. The molecule has 0 spiro atoms. The first-order valence-electron chi connectivity index (χ1n) is 9.26. The molecule has 6 nitrogen and oxygen atoms in total. The molecule has 1 unspecified atom stereocenters. The highest BCUT2D eigenvalue weighted by Gasteiger charge is 2.27. The number of benzene rings is 3. The van der Waals surface area contributed by atoms with E-state index < -0.39 is 4.92 Å². The monoisotopic (exact) mass is 385 g/mol. The Hall–Kier alpha value is -3.93. The molecule has 3 aromatic rings. The molecular formula is C23H19N3O3. The Kier molecular flexibility index (Phi) is 5.07. The Morgan fingerprint density at radius 3 is 2.41 bits per heavy atom. The summed E-state index contributed by atoms with van der Waals surface area (Å²) in [7, 11) is 0. The molecule has 144 valence electrons. The molecule has 0 aromatic heterocycles. The molecule has 1 atom stereocenters. The van der Waals surface area contributed by atoms with Crippen molar-refractivity contribution < 1.29 is 9.72 Å². The van der Waals surface area contributed by atoms with Gasteiger partial charge in [0.25, 0.3) is 11.6 Å². The average molecular weight is 385 g/mol. The Balaban J connectivity index is 1.58. The fraction of sp³-hybridized carbons (Fsp3) is 0.0870. The number of nitrogens with one attached hydrogen (secondary N) is 1. The number of nitro groups is 1. The van der Waals surface area contributed by atoms with Crippen LogP contribution in [0.1, 0.15) is 17.2 Å². The first kappa shape index (κ1) is 18.4. The Bertz CT molecular complexity index is 1060. The number of non-ortho nitro benzene ring substituents is 1. The number of rotatable bonds is 4. The number of amides is 1. The van der Waals surface area contributed by atoms with Crippen LogP contribution in [0.2, 0.25) is 0 Å². The van der Waals surface area contributed by atoms with Crippen LogP contribution in [0.25, 0.3) is 6.08 Å². The van der Waals surface area contributed by atoms with Gasteiger partial charge in [-0.25, -0.2) is 0 Å². The lowest BCUT2D eigenvalue weighted by atomic mass is 10.0. The van der Waals surface area contributed by atoms with Gasteiger partial charge in [-0.05, 0) is 41.5 Å². The van der Waals surface area contributed by atoms with Crippen LogP contribution in [-0.4, -0.2) is 17.4 Å². The van der Waals surface area contributed by atoms with E-state index in [1.807, 2.05) is 54.6 Å². The highest BCUT2D eigenvalue weighted by molar-refractivity contribution is 6.06. The molecule has 0 fully saturated rings. The number of para-hydroxylation sites is 2. The molecule has 1 amide bonds. The van der Waals surface area contributed by atoms with Gasteiger partial charge in [0.1, 0.15) is 0 Å². The van der Waals surface area contributed by atoms with Crippen molar-refractivity contribution in [3.05, 3.63) is 106 Å². The third kappa shape index (κ3) is 4.01. The fourth-order valence-electron chi connectivity index (χ4n) is 3.39. The number of fused-ring (bicyclic) bond motifs is 1. The second kappa shape index (κ2) is 7.98. The molecule has 0 saturated carbocycles. The Labute approximate surface area is 168 Å². The van der Waals surface area contributed by atoms with E-state index in [1.165, 1.54) is 18.2 Å². The minimum atomic E-state index is -0.444. The average Bonchev–Trinajstić information content (AvgIpc) is 2.77. The van der Waals surface area contributed by atoms with Crippen LogP contribution in [-0.2, 0) is 4.79 Å². The van der Waals surface area contributed by atoms with E-state index in [2.05, 4.69) is 5.32 Å². The van der Waals surface area contributed by atoms with Crippen LogP contribution in [0.5, 0.6) is 0 Å². The van der Waals surface area contributed by atoms with Crippen LogP contribution in [0.3, 0.4) is 0 Å². The van der Waals surface area contributed by atoms with E-state index in [9.17, 15) is 14.9 Å². The lowest BCUT2D eigenvalue weighted by molar-refractivity contribution is -0.384. The van der Waals surface area contributed by atoms with Gasteiger partial charge in [0, 0.05) is 18.2 Å². The van der Waals surface area contributed by atoms with Crippen LogP contribution in [0, 0.1) is 10.1 Å². The van der Waals surface area contributed by atoms with Crippen LogP contribution in [0.4, 0.5) is 17.1 Å².